The Balaban J connectivity index is 0.00000337. The van der Waals surface area contributed by atoms with Gasteiger partial charge in [0.05, 0.1) is 22.6 Å². The van der Waals surface area contributed by atoms with Gasteiger partial charge in [-0.3, -0.25) is 0 Å². The lowest BCUT2D eigenvalue weighted by molar-refractivity contribution is -0.00000765. The molecule has 41 heavy (non-hydrogen) atoms. The third-order valence-corrected chi connectivity index (χ3v) is 6.71. The number of hydrogen-bond acceptors (Lipinski definition) is 3. The van der Waals surface area contributed by atoms with Crippen molar-refractivity contribution in [3.05, 3.63) is 186 Å². The molecule has 0 saturated carbocycles. The van der Waals surface area contributed by atoms with Gasteiger partial charge in [0.15, 0.2) is 0 Å². The molecule has 0 aromatic heterocycles. The summed E-state index contributed by atoms with van der Waals surface area (Å²) in [6.45, 7) is 0. The molecule has 0 heterocycles. The average molecular weight is 552 g/mol. The van der Waals surface area contributed by atoms with E-state index in [1.165, 1.54) is 5.92 Å². The molecule has 0 fully saturated rings. The van der Waals surface area contributed by atoms with Crippen LogP contribution < -0.4 is 28.4 Å². The summed E-state index contributed by atoms with van der Waals surface area (Å²) in [6.07, 6.45) is 0. The van der Waals surface area contributed by atoms with Crippen LogP contribution in [0.3, 0.4) is 0 Å². The second-order valence-corrected chi connectivity index (χ2v) is 9.58. The van der Waals surface area contributed by atoms with Gasteiger partial charge in [0.2, 0.25) is 0 Å². The molecule has 6 rings (SSSR count). The fraction of sp³-hybridized carbons (Fsp3) is 0. The minimum absolute atomic E-state index is 0. The highest BCUT2D eigenvalue weighted by Crippen LogP contribution is 2.34. The Kier molecular flexibility index (Phi) is 8.90. The third-order valence-electron chi connectivity index (χ3n) is 6.71. The standard InChI is InChI=1S/C37H30N3.ClH/c1-4-10-31(11-5-1)38-34-22-16-28(17-23-34)37(29-18-24-35(25-19-29)39-32-12-6-2-7-13-32)30-20-26-36(27-21-30)40-33-14-8-3-9-15-33;/h1-27,38-40H;1H/q+1;/p-1. The quantitative estimate of drug-likeness (QED) is 0.134. The number of para-hydroxylation sites is 3. The molecule has 0 saturated heterocycles. The van der Waals surface area contributed by atoms with E-state index in [4.69, 9.17) is 0 Å². The Morgan fingerprint density at radius 2 is 0.488 bits per heavy atom. The second kappa shape index (κ2) is 13.3. The number of nitrogens with one attached hydrogen (secondary N) is 3. The van der Waals surface area contributed by atoms with Crippen LogP contribution in [-0.4, -0.2) is 0 Å². The van der Waals surface area contributed by atoms with E-state index in [2.05, 4.69) is 125 Å². The van der Waals surface area contributed by atoms with Gasteiger partial charge in [-0.1, -0.05) is 54.6 Å². The van der Waals surface area contributed by atoms with E-state index in [1.807, 2.05) is 54.6 Å². The highest BCUT2D eigenvalue weighted by molar-refractivity contribution is 5.67. The van der Waals surface area contributed by atoms with E-state index >= 15 is 0 Å². The van der Waals surface area contributed by atoms with Crippen LogP contribution in [0.15, 0.2) is 164 Å². The number of halogens is 1. The highest BCUT2D eigenvalue weighted by Gasteiger charge is 2.23. The summed E-state index contributed by atoms with van der Waals surface area (Å²) in [7, 11) is 0. The van der Waals surface area contributed by atoms with Gasteiger partial charge in [0, 0.05) is 34.1 Å². The molecule has 200 valence electrons. The van der Waals surface area contributed by atoms with Gasteiger partial charge in [-0.15, -0.1) is 0 Å². The van der Waals surface area contributed by atoms with Gasteiger partial charge in [-0.25, -0.2) is 0 Å². The summed E-state index contributed by atoms with van der Waals surface area (Å²) in [5.41, 5.74) is 9.85. The smallest absolute Gasteiger partial charge is 0.0632 e. The fourth-order valence-corrected chi connectivity index (χ4v) is 4.73. The van der Waals surface area contributed by atoms with E-state index in [1.54, 1.807) is 0 Å². The van der Waals surface area contributed by atoms with E-state index < -0.39 is 0 Å². The van der Waals surface area contributed by atoms with Crippen molar-refractivity contribution in [2.24, 2.45) is 0 Å². The molecule has 0 atom stereocenters. The van der Waals surface area contributed by atoms with Crippen molar-refractivity contribution in [2.75, 3.05) is 16.0 Å². The first-order valence-corrected chi connectivity index (χ1v) is 13.4. The average Bonchev–Trinajstić information content (AvgIpc) is 3.01. The molecule has 0 unspecified atom stereocenters. The van der Waals surface area contributed by atoms with Gasteiger partial charge < -0.3 is 28.4 Å². The van der Waals surface area contributed by atoms with E-state index in [9.17, 15) is 0 Å². The first-order chi connectivity index (χ1) is 19.8. The zero-order chi connectivity index (χ0) is 27.0. The zero-order valence-corrected chi connectivity index (χ0v) is 23.2. The van der Waals surface area contributed by atoms with Crippen molar-refractivity contribution in [2.45, 2.75) is 0 Å². The summed E-state index contributed by atoms with van der Waals surface area (Å²) in [5.74, 6) is 1.18. The van der Waals surface area contributed by atoms with Gasteiger partial charge in [-0.05, 0) is 109 Å². The topological polar surface area (TPSA) is 36.1 Å². The maximum absolute atomic E-state index is 3.49. The van der Waals surface area contributed by atoms with Crippen molar-refractivity contribution in [1.29, 1.82) is 0 Å². The number of hydrogen-bond donors (Lipinski definition) is 3. The normalized spacial score (nSPS) is 10.2. The number of anilines is 6. The summed E-state index contributed by atoms with van der Waals surface area (Å²) in [6, 6.07) is 56.7. The van der Waals surface area contributed by atoms with Crippen LogP contribution in [0, 0.1) is 5.92 Å². The largest absolute Gasteiger partial charge is 1.00 e. The Morgan fingerprint density at radius 1 is 0.268 bits per heavy atom. The molecule has 3 N–H and O–H groups in total. The monoisotopic (exact) mass is 551 g/mol. The Hall–Kier alpha value is -5.12. The van der Waals surface area contributed by atoms with Crippen LogP contribution in [0.4, 0.5) is 34.1 Å². The summed E-state index contributed by atoms with van der Waals surface area (Å²) in [5, 5.41) is 10.5. The van der Waals surface area contributed by atoms with E-state index in [-0.39, 0.29) is 12.4 Å². The van der Waals surface area contributed by atoms with Crippen LogP contribution in [0.5, 0.6) is 0 Å². The first-order valence-electron chi connectivity index (χ1n) is 13.4. The van der Waals surface area contributed by atoms with Crippen LogP contribution in [0.25, 0.3) is 0 Å². The van der Waals surface area contributed by atoms with Crippen LogP contribution >= 0.6 is 0 Å². The minimum Gasteiger partial charge on any atom is -1.00 e. The molecule has 0 radical (unpaired) electrons. The molecule has 0 aliphatic carbocycles. The second-order valence-electron chi connectivity index (χ2n) is 9.58. The minimum atomic E-state index is 0. The van der Waals surface area contributed by atoms with Gasteiger partial charge in [-0.2, -0.15) is 0 Å². The van der Waals surface area contributed by atoms with Crippen molar-refractivity contribution < 1.29 is 12.4 Å². The van der Waals surface area contributed by atoms with Crippen molar-refractivity contribution in [3.63, 3.8) is 0 Å². The summed E-state index contributed by atoms with van der Waals surface area (Å²) < 4.78 is 0. The third kappa shape index (κ3) is 7.10. The SMILES string of the molecule is [Cl-].c1ccc(Nc2ccc([C+](c3ccc(Nc4ccccc4)cc3)c3ccc(Nc4ccccc4)cc3)cc2)cc1. The van der Waals surface area contributed by atoms with Gasteiger partial charge in [0.1, 0.15) is 0 Å². The molecule has 0 amide bonds. The van der Waals surface area contributed by atoms with Crippen LogP contribution in [-0.2, 0) is 0 Å². The Bertz CT molecular complexity index is 1420. The maximum atomic E-state index is 3.49. The lowest BCUT2D eigenvalue weighted by atomic mass is 9.85. The van der Waals surface area contributed by atoms with Gasteiger partial charge in [0.25, 0.3) is 0 Å². The first kappa shape index (κ1) is 27.4. The molecule has 0 spiro atoms. The Labute approximate surface area is 248 Å². The molecular weight excluding hydrogens is 522 g/mol. The lowest BCUT2D eigenvalue weighted by Gasteiger charge is -2.16. The molecule has 6 aromatic carbocycles. The molecule has 6 aromatic rings. The van der Waals surface area contributed by atoms with Crippen LogP contribution in [0.2, 0.25) is 0 Å². The maximum Gasteiger partial charge on any atom is 0.0632 e. The lowest BCUT2D eigenvalue weighted by Crippen LogP contribution is -3.00. The molecule has 4 heteroatoms. The van der Waals surface area contributed by atoms with Crippen molar-refractivity contribution in [3.8, 4) is 0 Å². The molecule has 0 aliphatic rings. The van der Waals surface area contributed by atoms with E-state index in [0.29, 0.717) is 0 Å². The molecule has 0 bridgehead atoms. The Morgan fingerprint density at radius 3 is 0.732 bits per heavy atom. The molecule has 0 aliphatic heterocycles. The predicted molar refractivity (Wildman–Crippen MR) is 169 cm³/mol. The summed E-state index contributed by atoms with van der Waals surface area (Å²) >= 11 is 0. The van der Waals surface area contributed by atoms with Crippen molar-refractivity contribution in [1.82, 2.24) is 0 Å². The zero-order valence-electron chi connectivity index (χ0n) is 22.5. The predicted octanol–water partition coefficient (Wildman–Crippen LogP) is 6.94. The number of rotatable bonds is 9. The van der Waals surface area contributed by atoms with E-state index in [0.717, 1.165) is 50.8 Å². The van der Waals surface area contributed by atoms with Crippen molar-refractivity contribution >= 4 is 34.1 Å². The summed E-state index contributed by atoms with van der Waals surface area (Å²) in [4.78, 5) is 0. The fourth-order valence-electron chi connectivity index (χ4n) is 4.73. The van der Waals surface area contributed by atoms with Crippen LogP contribution in [0.1, 0.15) is 16.7 Å². The molecular formula is C37H30ClN3. The molecule has 3 nitrogen and oxygen atoms in total. The highest BCUT2D eigenvalue weighted by atomic mass is 35.5. The number of benzene rings is 6. The van der Waals surface area contributed by atoms with Gasteiger partial charge >= 0.3 is 0 Å².